The number of carbonyl (C=O) groups is 1. The molecule has 0 spiro atoms. The molecule has 2 aliphatic rings. The SMILES string of the molecule is CC(C)n1ncc2c(C(=O)N(C)C3CCS(=O)(=O)CC3)cc(C3CC3)nc21. The largest absolute Gasteiger partial charge is 0.339 e. The van der Waals surface area contributed by atoms with Crippen LogP contribution in [0.3, 0.4) is 0 Å². The van der Waals surface area contributed by atoms with Crippen molar-refractivity contribution in [1.29, 1.82) is 0 Å². The van der Waals surface area contributed by atoms with Gasteiger partial charge < -0.3 is 4.90 Å². The van der Waals surface area contributed by atoms with Crippen LogP contribution in [0.5, 0.6) is 0 Å². The second kappa shape index (κ2) is 6.58. The highest BCUT2D eigenvalue weighted by molar-refractivity contribution is 7.91. The fourth-order valence-electron chi connectivity index (χ4n) is 3.80. The van der Waals surface area contributed by atoms with Crippen LogP contribution in [0, 0.1) is 0 Å². The molecule has 2 aromatic heterocycles. The van der Waals surface area contributed by atoms with Crippen molar-refractivity contribution < 1.29 is 13.2 Å². The van der Waals surface area contributed by atoms with E-state index in [4.69, 9.17) is 4.98 Å². The van der Waals surface area contributed by atoms with Crippen molar-refractivity contribution in [3.05, 3.63) is 23.5 Å². The van der Waals surface area contributed by atoms with E-state index in [1.54, 1.807) is 18.1 Å². The van der Waals surface area contributed by atoms with Crippen molar-refractivity contribution >= 4 is 26.8 Å². The molecule has 27 heavy (non-hydrogen) atoms. The number of rotatable bonds is 4. The Morgan fingerprint density at radius 2 is 1.89 bits per heavy atom. The molecule has 0 unspecified atom stereocenters. The van der Waals surface area contributed by atoms with Crippen molar-refractivity contribution in [1.82, 2.24) is 19.7 Å². The Kier molecular flexibility index (Phi) is 4.49. The maximum Gasteiger partial charge on any atom is 0.254 e. The lowest BCUT2D eigenvalue weighted by atomic mass is 10.1. The lowest BCUT2D eigenvalue weighted by molar-refractivity contribution is 0.0723. The van der Waals surface area contributed by atoms with E-state index < -0.39 is 9.84 Å². The van der Waals surface area contributed by atoms with Gasteiger partial charge in [0.15, 0.2) is 5.65 Å². The fourth-order valence-corrected chi connectivity index (χ4v) is 5.27. The van der Waals surface area contributed by atoms with Crippen LogP contribution in [0.4, 0.5) is 0 Å². The molecule has 8 heteroatoms. The average molecular weight is 391 g/mol. The standard InChI is InChI=1S/C19H26N4O3S/c1-12(2)23-18-16(11-20-23)15(10-17(21-18)13-4-5-13)19(24)22(3)14-6-8-27(25,26)9-7-14/h10-14H,4-9H2,1-3H3. The summed E-state index contributed by atoms with van der Waals surface area (Å²) in [6.07, 6.45) is 4.95. The van der Waals surface area contributed by atoms with Gasteiger partial charge in [-0.25, -0.2) is 18.1 Å². The average Bonchev–Trinajstić information content (AvgIpc) is 3.38. The molecule has 2 fully saturated rings. The van der Waals surface area contributed by atoms with Gasteiger partial charge in [-0.2, -0.15) is 5.10 Å². The number of sulfone groups is 1. The van der Waals surface area contributed by atoms with Gasteiger partial charge in [0.2, 0.25) is 0 Å². The molecule has 1 saturated heterocycles. The third-order valence-corrected chi connectivity index (χ3v) is 7.41. The summed E-state index contributed by atoms with van der Waals surface area (Å²) in [5.74, 6) is 0.665. The molecule has 0 radical (unpaired) electrons. The molecule has 1 amide bonds. The Hall–Kier alpha value is -1.96. The van der Waals surface area contributed by atoms with Crippen molar-refractivity contribution in [3.63, 3.8) is 0 Å². The predicted molar refractivity (Wildman–Crippen MR) is 104 cm³/mol. The molecule has 0 bridgehead atoms. The fraction of sp³-hybridized carbons (Fsp3) is 0.632. The summed E-state index contributed by atoms with van der Waals surface area (Å²) in [4.78, 5) is 19.8. The van der Waals surface area contributed by atoms with Gasteiger partial charge in [-0.1, -0.05) is 0 Å². The highest BCUT2D eigenvalue weighted by Crippen LogP contribution is 2.40. The summed E-state index contributed by atoms with van der Waals surface area (Å²) in [5.41, 5.74) is 2.36. The molecule has 0 atom stereocenters. The van der Waals surface area contributed by atoms with Crippen LogP contribution in [-0.2, 0) is 9.84 Å². The first kappa shape index (κ1) is 18.4. The van der Waals surface area contributed by atoms with Crippen LogP contribution >= 0.6 is 0 Å². The van der Waals surface area contributed by atoms with E-state index in [1.165, 1.54) is 0 Å². The number of aromatic nitrogens is 3. The first-order valence-electron chi connectivity index (χ1n) is 9.62. The minimum Gasteiger partial charge on any atom is -0.339 e. The minimum absolute atomic E-state index is 0.0474. The van der Waals surface area contributed by atoms with Gasteiger partial charge in [-0.3, -0.25) is 4.79 Å². The van der Waals surface area contributed by atoms with Crippen LogP contribution in [0.1, 0.15) is 67.5 Å². The number of fused-ring (bicyclic) bond motifs is 1. The van der Waals surface area contributed by atoms with Crippen molar-refractivity contribution in [2.24, 2.45) is 0 Å². The number of amides is 1. The quantitative estimate of drug-likeness (QED) is 0.801. The van der Waals surface area contributed by atoms with E-state index in [9.17, 15) is 13.2 Å². The molecule has 0 aromatic carbocycles. The Morgan fingerprint density at radius 3 is 2.48 bits per heavy atom. The summed E-state index contributed by atoms with van der Waals surface area (Å²) in [5, 5.41) is 5.23. The zero-order valence-electron chi connectivity index (χ0n) is 16.1. The summed E-state index contributed by atoms with van der Waals surface area (Å²) < 4.78 is 25.3. The molecule has 1 saturated carbocycles. The third kappa shape index (κ3) is 3.47. The van der Waals surface area contributed by atoms with Gasteiger partial charge in [0.05, 0.1) is 28.7 Å². The van der Waals surface area contributed by atoms with Gasteiger partial charge >= 0.3 is 0 Å². The molecule has 0 N–H and O–H groups in total. The Bertz CT molecular complexity index is 978. The zero-order valence-corrected chi connectivity index (χ0v) is 16.9. The number of hydrogen-bond acceptors (Lipinski definition) is 5. The van der Waals surface area contributed by atoms with E-state index >= 15 is 0 Å². The molecular weight excluding hydrogens is 364 g/mol. The molecule has 146 valence electrons. The highest BCUT2D eigenvalue weighted by atomic mass is 32.2. The van der Waals surface area contributed by atoms with Crippen LogP contribution in [0.25, 0.3) is 11.0 Å². The maximum atomic E-state index is 13.3. The summed E-state index contributed by atoms with van der Waals surface area (Å²) in [6, 6.07) is 2.03. The van der Waals surface area contributed by atoms with Crippen LogP contribution in [0.15, 0.2) is 12.3 Å². The Balaban J connectivity index is 1.70. The first-order chi connectivity index (χ1) is 12.8. The van der Waals surface area contributed by atoms with Crippen molar-refractivity contribution in [2.75, 3.05) is 18.6 Å². The van der Waals surface area contributed by atoms with E-state index in [0.717, 1.165) is 29.6 Å². The van der Waals surface area contributed by atoms with Gasteiger partial charge in [0, 0.05) is 30.7 Å². The molecule has 7 nitrogen and oxygen atoms in total. The minimum atomic E-state index is -2.95. The van der Waals surface area contributed by atoms with E-state index in [0.29, 0.717) is 24.3 Å². The first-order valence-corrected chi connectivity index (χ1v) is 11.4. The van der Waals surface area contributed by atoms with Gasteiger partial charge in [-0.15, -0.1) is 0 Å². The van der Waals surface area contributed by atoms with Crippen LogP contribution in [-0.4, -0.2) is 58.6 Å². The number of nitrogens with zero attached hydrogens (tertiary/aromatic N) is 4. The third-order valence-electron chi connectivity index (χ3n) is 5.69. The maximum absolute atomic E-state index is 13.3. The Labute approximate surface area is 159 Å². The predicted octanol–water partition coefficient (Wildman–Crippen LogP) is 2.54. The van der Waals surface area contributed by atoms with Crippen molar-refractivity contribution in [3.8, 4) is 0 Å². The number of pyridine rings is 1. The molecule has 4 rings (SSSR count). The topological polar surface area (TPSA) is 85.2 Å². The lowest BCUT2D eigenvalue weighted by Crippen LogP contribution is -2.42. The Morgan fingerprint density at radius 1 is 1.22 bits per heavy atom. The van der Waals surface area contributed by atoms with Crippen molar-refractivity contribution in [2.45, 2.75) is 57.5 Å². The van der Waals surface area contributed by atoms with E-state index in [-0.39, 0.29) is 29.5 Å². The lowest BCUT2D eigenvalue weighted by Gasteiger charge is -2.31. The number of carbonyl (C=O) groups excluding carboxylic acids is 1. The monoisotopic (exact) mass is 390 g/mol. The zero-order chi connectivity index (χ0) is 19.3. The molecular formula is C19H26N4O3S. The molecule has 1 aliphatic carbocycles. The van der Waals surface area contributed by atoms with Gasteiger partial charge in [0.25, 0.3) is 5.91 Å². The van der Waals surface area contributed by atoms with Crippen LogP contribution < -0.4 is 0 Å². The molecule has 1 aliphatic heterocycles. The molecule has 2 aromatic rings. The second-order valence-electron chi connectivity index (χ2n) is 8.09. The van der Waals surface area contributed by atoms with Gasteiger partial charge in [-0.05, 0) is 45.6 Å². The van der Waals surface area contributed by atoms with Gasteiger partial charge in [0.1, 0.15) is 9.84 Å². The number of hydrogen-bond donors (Lipinski definition) is 0. The van der Waals surface area contributed by atoms with E-state index in [2.05, 4.69) is 5.10 Å². The second-order valence-corrected chi connectivity index (χ2v) is 10.4. The van der Waals surface area contributed by atoms with Crippen LogP contribution in [0.2, 0.25) is 0 Å². The summed E-state index contributed by atoms with van der Waals surface area (Å²) >= 11 is 0. The summed E-state index contributed by atoms with van der Waals surface area (Å²) in [7, 11) is -1.17. The highest BCUT2D eigenvalue weighted by Gasteiger charge is 2.32. The molecule has 3 heterocycles. The normalized spacial score (nSPS) is 20.3. The summed E-state index contributed by atoms with van der Waals surface area (Å²) in [6.45, 7) is 4.10. The smallest absolute Gasteiger partial charge is 0.254 e. The van der Waals surface area contributed by atoms with E-state index in [1.807, 2.05) is 24.6 Å².